The molecule has 1 aromatic carbocycles. The van der Waals surface area contributed by atoms with Gasteiger partial charge in [0.2, 0.25) is 0 Å². The topological polar surface area (TPSA) is 103 Å². The van der Waals surface area contributed by atoms with Gasteiger partial charge in [0.15, 0.2) is 0 Å². The van der Waals surface area contributed by atoms with Crippen molar-refractivity contribution in [3.8, 4) is 5.75 Å². The zero-order valence-electron chi connectivity index (χ0n) is 16.3. The molecule has 1 aliphatic rings. The number of ether oxygens (including phenoxy) is 1. The molecule has 2 aromatic rings. The van der Waals surface area contributed by atoms with Crippen LogP contribution in [0.3, 0.4) is 0 Å². The number of aromatic nitrogens is 2. The van der Waals surface area contributed by atoms with Crippen LogP contribution in [-0.4, -0.2) is 58.3 Å². The van der Waals surface area contributed by atoms with E-state index in [0.29, 0.717) is 31.3 Å². The van der Waals surface area contributed by atoms with Gasteiger partial charge in [-0.25, -0.2) is 4.79 Å². The number of nitro benzene ring substituents is 1. The number of nitro groups is 1. The molecule has 3 rings (SSSR count). The highest BCUT2D eigenvalue weighted by Gasteiger charge is 2.20. The molecule has 158 valence electrons. The summed E-state index contributed by atoms with van der Waals surface area (Å²) in [5, 5.41) is 10.7. The Morgan fingerprint density at radius 1 is 1.03 bits per heavy atom. The number of piperazine rings is 1. The maximum absolute atomic E-state index is 12.1. The van der Waals surface area contributed by atoms with Crippen LogP contribution in [0.4, 0.5) is 11.5 Å². The van der Waals surface area contributed by atoms with E-state index in [2.05, 4.69) is 4.90 Å². The lowest BCUT2D eigenvalue weighted by Gasteiger charge is -2.36. The first kappa shape index (κ1) is 22.4. The van der Waals surface area contributed by atoms with E-state index in [-0.39, 0.29) is 29.3 Å². The zero-order chi connectivity index (χ0) is 20.3. The van der Waals surface area contributed by atoms with Crippen LogP contribution in [0.25, 0.3) is 0 Å². The number of rotatable bonds is 6. The van der Waals surface area contributed by atoms with Crippen molar-refractivity contribution in [1.29, 1.82) is 0 Å². The Balaban J connectivity index is 0.00000300. The van der Waals surface area contributed by atoms with E-state index < -0.39 is 4.92 Å². The van der Waals surface area contributed by atoms with Crippen molar-refractivity contribution in [2.24, 2.45) is 14.1 Å². The second kappa shape index (κ2) is 9.57. The molecule has 0 bridgehead atoms. The van der Waals surface area contributed by atoms with Gasteiger partial charge in [-0.15, -0.1) is 12.4 Å². The lowest BCUT2D eigenvalue weighted by Crippen LogP contribution is -2.50. The second-order valence-electron chi connectivity index (χ2n) is 6.67. The number of hydrogen-bond donors (Lipinski definition) is 0. The summed E-state index contributed by atoms with van der Waals surface area (Å²) in [6, 6.07) is 7.51. The highest BCUT2D eigenvalue weighted by molar-refractivity contribution is 5.85. The van der Waals surface area contributed by atoms with E-state index in [1.807, 2.05) is 4.90 Å². The molecule has 1 saturated heterocycles. The summed E-state index contributed by atoms with van der Waals surface area (Å²) in [6.07, 6.45) is 0. The van der Waals surface area contributed by atoms with Crippen LogP contribution in [0, 0.1) is 10.1 Å². The Labute approximate surface area is 173 Å². The summed E-state index contributed by atoms with van der Waals surface area (Å²) in [4.78, 5) is 38.5. The number of anilines is 1. The highest BCUT2D eigenvalue weighted by atomic mass is 35.5. The third-order valence-electron chi connectivity index (χ3n) is 4.92. The van der Waals surface area contributed by atoms with E-state index in [1.165, 1.54) is 29.8 Å². The van der Waals surface area contributed by atoms with Gasteiger partial charge in [0, 0.05) is 65.0 Å². The Hall–Kier alpha value is -2.85. The van der Waals surface area contributed by atoms with Crippen molar-refractivity contribution in [1.82, 2.24) is 14.0 Å². The van der Waals surface area contributed by atoms with Crippen LogP contribution < -0.4 is 20.9 Å². The number of halogens is 1. The molecular weight excluding hydrogens is 402 g/mol. The number of hydrogen-bond acceptors (Lipinski definition) is 7. The Bertz CT molecular complexity index is 964. The van der Waals surface area contributed by atoms with E-state index in [9.17, 15) is 19.7 Å². The van der Waals surface area contributed by atoms with Crippen molar-refractivity contribution >= 4 is 23.9 Å². The van der Waals surface area contributed by atoms with Crippen molar-refractivity contribution in [3.63, 3.8) is 0 Å². The molecular formula is C18H24ClN5O5. The van der Waals surface area contributed by atoms with Crippen LogP contribution in [0.5, 0.6) is 5.75 Å². The largest absolute Gasteiger partial charge is 0.492 e. The summed E-state index contributed by atoms with van der Waals surface area (Å²) < 4.78 is 8.24. The molecule has 0 saturated carbocycles. The first-order chi connectivity index (χ1) is 13.4. The molecule has 2 heterocycles. The van der Waals surface area contributed by atoms with Gasteiger partial charge in [0.25, 0.3) is 11.2 Å². The summed E-state index contributed by atoms with van der Waals surface area (Å²) in [5.74, 6) is 1.23. The van der Waals surface area contributed by atoms with Crippen molar-refractivity contribution < 1.29 is 9.66 Å². The quantitative estimate of drug-likeness (QED) is 0.493. The molecule has 0 N–H and O–H groups in total. The molecule has 0 radical (unpaired) electrons. The number of nitrogens with zero attached hydrogens (tertiary/aromatic N) is 5. The van der Waals surface area contributed by atoms with Gasteiger partial charge in [-0.05, 0) is 12.1 Å². The van der Waals surface area contributed by atoms with Crippen molar-refractivity contribution in [2.45, 2.75) is 0 Å². The predicted octanol–water partition coefficient (Wildman–Crippen LogP) is 0.615. The van der Waals surface area contributed by atoms with E-state index in [0.717, 1.165) is 24.2 Å². The summed E-state index contributed by atoms with van der Waals surface area (Å²) in [6.45, 7) is 4.18. The van der Waals surface area contributed by atoms with Gasteiger partial charge in [0.05, 0.1) is 4.92 Å². The average Bonchev–Trinajstić information content (AvgIpc) is 2.70. The fourth-order valence-corrected chi connectivity index (χ4v) is 3.18. The molecule has 0 unspecified atom stereocenters. The fraction of sp³-hybridized carbons (Fsp3) is 0.444. The van der Waals surface area contributed by atoms with Gasteiger partial charge >= 0.3 is 5.69 Å². The maximum atomic E-state index is 12.1. The van der Waals surface area contributed by atoms with Crippen molar-refractivity contribution in [3.05, 3.63) is 61.3 Å². The molecule has 11 heteroatoms. The van der Waals surface area contributed by atoms with Crippen LogP contribution in [0.15, 0.2) is 39.9 Å². The van der Waals surface area contributed by atoms with E-state index in [1.54, 1.807) is 19.2 Å². The molecule has 10 nitrogen and oxygen atoms in total. The molecule has 1 fully saturated rings. The van der Waals surface area contributed by atoms with Gasteiger partial charge in [0.1, 0.15) is 18.2 Å². The molecule has 0 amide bonds. The van der Waals surface area contributed by atoms with E-state index >= 15 is 0 Å². The first-order valence-electron chi connectivity index (χ1n) is 8.98. The normalized spacial score (nSPS) is 14.3. The lowest BCUT2D eigenvalue weighted by atomic mass is 10.3. The molecule has 1 aromatic heterocycles. The first-order valence-corrected chi connectivity index (χ1v) is 8.98. The van der Waals surface area contributed by atoms with Gasteiger partial charge in [-0.1, -0.05) is 0 Å². The Morgan fingerprint density at radius 3 is 2.24 bits per heavy atom. The Morgan fingerprint density at radius 2 is 1.66 bits per heavy atom. The second-order valence-corrected chi connectivity index (χ2v) is 6.67. The summed E-state index contributed by atoms with van der Waals surface area (Å²) in [7, 11) is 3.14. The number of non-ortho nitro benzene ring substituents is 1. The maximum Gasteiger partial charge on any atom is 0.332 e. The van der Waals surface area contributed by atoms with Gasteiger partial charge < -0.3 is 9.64 Å². The summed E-state index contributed by atoms with van der Waals surface area (Å²) in [5.41, 5.74) is -0.605. The monoisotopic (exact) mass is 425 g/mol. The zero-order valence-corrected chi connectivity index (χ0v) is 17.1. The standard InChI is InChI=1S/C18H23N5O5.ClH/c1-19-16(13-17(24)20(2)18(19)25)22-9-7-21(8-10-22)11-12-28-15-5-3-14(4-6-15)23(26)27;/h3-6,13H,7-12H2,1-2H3;1H. The average molecular weight is 426 g/mol. The molecule has 0 aliphatic carbocycles. The third-order valence-corrected chi connectivity index (χ3v) is 4.92. The third kappa shape index (κ3) is 5.15. The van der Waals surface area contributed by atoms with Crippen LogP contribution in [0.1, 0.15) is 0 Å². The van der Waals surface area contributed by atoms with Gasteiger partial charge in [-0.3, -0.25) is 28.9 Å². The minimum atomic E-state index is -0.443. The van der Waals surface area contributed by atoms with Crippen LogP contribution in [0.2, 0.25) is 0 Å². The molecule has 1 aliphatic heterocycles. The van der Waals surface area contributed by atoms with Crippen LogP contribution >= 0.6 is 12.4 Å². The van der Waals surface area contributed by atoms with Crippen molar-refractivity contribution in [2.75, 3.05) is 44.2 Å². The smallest absolute Gasteiger partial charge is 0.332 e. The Kier molecular flexibility index (Phi) is 7.40. The van der Waals surface area contributed by atoms with E-state index in [4.69, 9.17) is 4.74 Å². The number of benzene rings is 1. The summed E-state index contributed by atoms with van der Waals surface area (Å²) >= 11 is 0. The molecule has 0 spiro atoms. The SMILES string of the molecule is Cl.Cn1c(N2CCN(CCOc3ccc([N+](=O)[O-])cc3)CC2)cc(=O)n(C)c1=O. The predicted molar refractivity (Wildman–Crippen MR) is 111 cm³/mol. The molecule has 29 heavy (non-hydrogen) atoms. The lowest BCUT2D eigenvalue weighted by molar-refractivity contribution is -0.384. The van der Waals surface area contributed by atoms with Crippen LogP contribution in [-0.2, 0) is 14.1 Å². The highest BCUT2D eigenvalue weighted by Crippen LogP contribution is 2.17. The van der Waals surface area contributed by atoms with Gasteiger partial charge in [-0.2, -0.15) is 0 Å². The molecule has 0 atom stereocenters. The minimum absolute atomic E-state index is 0. The minimum Gasteiger partial charge on any atom is -0.492 e. The fourth-order valence-electron chi connectivity index (χ4n) is 3.18.